The number of fused-ring (bicyclic) bond motifs is 1. The Morgan fingerprint density at radius 3 is 2.49 bits per heavy atom. The number of anilines is 1. The van der Waals surface area contributed by atoms with Crippen LogP contribution in [-0.4, -0.2) is 25.5 Å². The van der Waals surface area contributed by atoms with Crippen LogP contribution in [0.1, 0.15) is 49.3 Å². The molecule has 0 fully saturated rings. The van der Waals surface area contributed by atoms with E-state index < -0.39 is 11.9 Å². The van der Waals surface area contributed by atoms with E-state index in [1.807, 2.05) is 25.2 Å². The van der Waals surface area contributed by atoms with Crippen molar-refractivity contribution in [3.63, 3.8) is 0 Å². The second-order valence-corrected chi connectivity index (χ2v) is 9.55. The fourth-order valence-electron chi connectivity index (χ4n) is 3.97. The van der Waals surface area contributed by atoms with E-state index >= 15 is 0 Å². The highest BCUT2D eigenvalue weighted by Gasteiger charge is 2.33. The van der Waals surface area contributed by atoms with Crippen LogP contribution in [0.4, 0.5) is 19.0 Å². The van der Waals surface area contributed by atoms with E-state index in [2.05, 4.69) is 30.9 Å². The van der Waals surface area contributed by atoms with Gasteiger partial charge in [-0.15, -0.1) is 0 Å². The van der Waals surface area contributed by atoms with Gasteiger partial charge in [0.1, 0.15) is 27.4 Å². The van der Waals surface area contributed by atoms with Crippen molar-refractivity contribution in [1.82, 2.24) is 19.4 Å². The highest BCUT2D eigenvalue weighted by Crippen LogP contribution is 2.45. The molecule has 3 heterocycles. The molecule has 0 saturated carbocycles. The lowest BCUT2D eigenvalue weighted by Gasteiger charge is -2.24. The summed E-state index contributed by atoms with van der Waals surface area (Å²) in [5, 5.41) is 0.443. The molecule has 184 valence electrons. The Morgan fingerprint density at radius 1 is 1.17 bits per heavy atom. The predicted molar refractivity (Wildman–Crippen MR) is 133 cm³/mol. The van der Waals surface area contributed by atoms with Crippen LogP contribution in [0, 0.1) is 6.92 Å². The predicted octanol–water partition coefficient (Wildman–Crippen LogP) is 7.06. The normalized spacial score (nSPS) is 13.0. The van der Waals surface area contributed by atoms with Crippen LogP contribution in [0.15, 0.2) is 41.4 Å². The zero-order valence-electron chi connectivity index (χ0n) is 19.3. The van der Waals surface area contributed by atoms with Crippen LogP contribution >= 0.6 is 27.5 Å². The van der Waals surface area contributed by atoms with Gasteiger partial charge in [-0.2, -0.15) is 13.2 Å². The standard InChI is InChI=1S/C24H22BrClF3N5O/c1-11(2)35-20-15(12(3)23-33-21(25)19-22(30)31-7-8-34(19)23)9-16(26)13(4)18(20)14-5-6-17(32-10-14)24(27,28)29/h5-12H,1-4H3,(H2,30,31). The molecular weight excluding hydrogens is 547 g/mol. The van der Waals surface area contributed by atoms with Gasteiger partial charge in [0.05, 0.1) is 6.10 Å². The van der Waals surface area contributed by atoms with E-state index in [-0.39, 0.29) is 12.0 Å². The van der Waals surface area contributed by atoms with E-state index in [0.717, 1.165) is 11.6 Å². The molecule has 0 aliphatic carbocycles. The highest BCUT2D eigenvalue weighted by molar-refractivity contribution is 9.10. The maximum absolute atomic E-state index is 13.1. The summed E-state index contributed by atoms with van der Waals surface area (Å²) >= 11 is 10.1. The number of rotatable bonds is 5. The van der Waals surface area contributed by atoms with Gasteiger partial charge in [-0.25, -0.2) is 9.97 Å². The number of benzene rings is 1. The van der Waals surface area contributed by atoms with Crippen molar-refractivity contribution in [3.8, 4) is 16.9 Å². The molecule has 2 N–H and O–H groups in total. The molecule has 3 aromatic heterocycles. The van der Waals surface area contributed by atoms with E-state index in [4.69, 9.17) is 22.1 Å². The number of alkyl halides is 3. The number of nitrogen functional groups attached to an aromatic ring is 1. The zero-order chi connectivity index (χ0) is 25.7. The molecular formula is C24H22BrClF3N5O. The summed E-state index contributed by atoms with van der Waals surface area (Å²) in [5.74, 6) is 1.16. The average Bonchev–Trinajstić information content (AvgIpc) is 3.13. The fourth-order valence-corrected chi connectivity index (χ4v) is 4.76. The minimum atomic E-state index is -4.54. The number of nitrogens with zero attached hydrogens (tertiary/aromatic N) is 4. The third-order valence-corrected chi connectivity index (χ3v) is 6.57. The number of pyridine rings is 1. The van der Waals surface area contributed by atoms with Gasteiger partial charge in [0.2, 0.25) is 0 Å². The quantitative estimate of drug-likeness (QED) is 0.279. The molecule has 35 heavy (non-hydrogen) atoms. The molecule has 0 aliphatic rings. The third kappa shape index (κ3) is 4.69. The summed E-state index contributed by atoms with van der Waals surface area (Å²) in [6.45, 7) is 7.49. The molecule has 0 saturated heterocycles. The maximum Gasteiger partial charge on any atom is 0.433 e. The van der Waals surface area contributed by atoms with E-state index in [1.54, 1.807) is 25.4 Å². The molecule has 0 spiro atoms. The first kappa shape index (κ1) is 25.2. The van der Waals surface area contributed by atoms with E-state index in [0.29, 0.717) is 49.2 Å². The van der Waals surface area contributed by atoms with Crippen LogP contribution in [0.25, 0.3) is 16.6 Å². The van der Waals surface area contributed by atoms with Crippen molar-refractivity contribution in [2.45, 2.75) is 45.9 Å². The number of imidazole rings is 1. The number of hydrogen-bond acceptors (Lipinski definition) is 5. The summed E-state index contributed by atoms with van der Waals surface area (Å²) < 4.78 is 47.9. The third-order valence-electron chi connectivity index (χ3n) is 5.62. The number of aromatic nitrogens is 4. The summed E-state index contributed by atoms with van der Waals surface area (Å²) in [6, 6.07) is 4.14. The molecule has 1 unspecified atom stereocenters. The summed E-state index contributed by atoms with van der Waals surface area (Å²) in [6.07, 6.45) is -0.220. The largest absolute Gasteiger partial charge is 0.490 e. The molecule has 11 heteroatoms. The van der Waals surface area contributed by atoms with E-state index in [9.17, 15) is 13.2 Å². The van der Waals surface area contributed by atoms with Gasteiger partial charge in [-0.05, 0) is 54.4 Å². The topological polar surface area (TPSA) is 78.3 Å². The number of ether oxygens (including phenoxy) is 1. The van der Waals surface area contributed by atoms with Gasteiger partial charge < -0.3 is 10.5 Å². The van der Waals surface area contributed by atoms with Gasteiger partial charge >= 0.3 is 6.18 Å². The lowest BCUT2D eigenvalue weighted by molar-refractivity contribution is -0.141. The number of nitrogens with two attached hydrogens (primary N) is 1. The molecule has 4 rings (SSSR count). The van der Waals surface area contributed by atoms with Gasteiger partial charge in [0, 0.05) is 46.2 Å². The lowest BCUT2D eigenvalue weighted by atomic mass is 9.91. The summed E-state index contributed by atoms with van der Waals surface area (Å²) in [5.41, 5.74) is 8.15. The molecule has 4 aromatic rings. The first-order valence-electron chi connectivity index (χ1n) is 10.7. The highest BCUT2D eigenvalue weighted by atomic mass is 79.9. The van der Waals surface area contributed by atoms with Crippen LogP contribution in [0.5, 0.6) is 5.75 Å². The molecule has 0 radical (unpaired) electrons. The van der Waals surface area contributed by atoms with Crippen molar-refractivity contribution in [2.24, 2.45) is 0 Å². The lowest BCUT2D eigenvalue weighted by Crippen LogP contribution is -2.13. The number of halogens is 5. The van der Waals surface area contributed by atoms with Crippen LogP contribution < -0.4 is 10.5 Å². The zero-order valence-corrected chi connectivity index (χ0v) is 21.6. The second-order valence-electron chi connectivity index (χ2n) is 8.39. The van der Waals surface area contributed by atoms with Gasteiger partial charge in [0.25, 0.3) is 0 Å². The molecule has 1 atom stereocenters. The SMILES string of the molecule is Cc1c(Cl)cc(C(C)c2nc(Br)c3c(N)nccn23)c(OC(C)C)c1-c1ccc(C(F)(F)F)nc1. The Hall–Kier alpha value is -2.85. The monoisotopic (exact) mass is 567 g/mol. The van der Waals surface area contributed by atoms with Gasteiger partial charge in [0.15, 0.2) is 5.82 Å². The second kappa shape index (κ2) is 9.31. The van der Waals surface area contributed by atoms with Crippen molar-refractivity contribution in [2.75, 3.05) is 5.73 Å². The smallest absolute Gasteiger partial charge is 0.433 e. The molecule has 0 aliphatic heterocycles. The van der Waals surface area contributed by atoms with Gasteiger partial charge in [-0.3, -0.25) is 9.38 Å². The Labute approximate surface area is 213 Å². The Morgan fingerprint density at radius 2 is 1.89 bits per heavy atom. The van der Waals surface area contributed by atoms with Crippen molar-refractivity contribution in [1.29, 1.82) is 0 Å². The van der Waals surface area contributed by atoms with Crippen LogP contribution in [0.3, 0.4) is 0 Å². The van der Waals surface area contributed by atoms with Crippen molar-refractivity contribution in [3.05, 3.63) is 69.1 Å². The average molecular weight is 569 g/mol. The van der Waals surface area contributed by atoms with E-state index in [1.165, 1.54) is 12.3 Å². The van der Waals surface area contributed by atoms with Crippen molar-refractivity contribution >= 4 is 38.9 Å². The minimum absolute atomic E-state index is 0.216. The Bertz CT molecular complexity index is 1400. The Kier molecular flexibility index (Phi) is 6.72. The summed E-state index contributed by atoms with van der Waals surface area (Å²) in [7, 11) is 0. The molecule has 6 nitrogen and oxygen atoms in total. The van der Waals surface area contributed by atoms with Gasteiger partial charge in [-0.1, -0.05) is 24.6 Å². The Balaban J connectivity index is 1.95. The first-order valence-corrected chi connectivity index (χ1v) is 11.9. The fraction of sp³-hybridized carbons (Fsp3) is 0.292. The molecule has 1 aromatic carbocycles. The minimum Gasteiger partial charge on any atom is -0.490 e. The van der Waals surface area contributed by atoms with Crippen molar-refractivity contribution < 1.29 is 17.9 Å². The summed E-state index contributed by atoms with van der Waals surface area (Å²) in [4.78, 5) is 12.4. The molecule has 0 amide bonds. The van der Waals surface area contributed by atoms with Crippen LogP contribution in [-0.2, 0) is 6.18 Å². The molecule has 0 bridgehead atoms. The first-order chi connectivity index (χ1) is 16.4. The van der Waals surface area contributed by atoms with Crippen LogP contribution in [0.2, 0.25) is 5.02 Å². The maximum atomic E-state index is 13.1. The number of hydrogen-bond donors (Lipinski definition) is 1.